The zero-order chi connectivity index (χ0) is 17.6. The SMILES string of the molecule is CCCN(C(=O)NC1C2CC3CC1CC(O)(C3)C2)c1ccccc1C. The number of para-hydroxylation sites is 1. The largest absolute Gasteiger partial charge is 0.390 e. The molecule has 0 radical (unpaired) electrons. The molecule has 2 N–H and O–H groups in total. The van der Waals surface area contributed by atoms with E-state index in [1.54, 1.807) is 0 Å². The van der Waals surface area contributed by atoms with E-state index in [4.69, 9.17) is 0 Å². The van der Waals surface area contributed by atoms with Crippen LogP contribution in [0.25, 0.3) is 0 Å². The zero-order valence-electron chi connectivity index (χ0n) is 15.4. The predicted molar refractivity (Wildman–Crippen MR) is 99.6 cm³/mol. The fourth-order valence-corrected chi connectivity index (χ4v) is 5.86. The molecule has 2 amide bonds. The smallest absolute Gasteiger partial charge is 0.322 e. The highest BCUT2D eigenvalue weighted by atomic mass is 16.3. The van der Waals surface area contributed by atoms with Crippen LogP contribution in [0.5, 0.6) is 0 Å². The number of nitrogens with zero attached hydrogens (tertiary/aromatic N) is 1. The first-order valence-corrected chi connectivity index (χ1v) is 9.85. The molecule has 4 saturated carbocycles. The van der Waals surface area contributed by atoms with Crippen molar-refractivity contribution in [1.29, 1.82) is 0 Å². The van der Waals surface area contributed by atoms with E-state index in [-0.39, 0.29) is 12.1 Å². The number of amides is 2. The van der Waals surface area contributed by atoms with Crippen molar-refractivity contribution in [3.8, 4) is 0 Å². The van der Waals surface area contributed by atoms with E-state index < -0.39 is 5.60 Å². The van der Waals surface area contributed by atoms with Crippen molar-refractivity contribution in [2.24, 2.45) is 17.8 Å². The number of anilines is 1. The Morgan fingerprint density at radius 3 is 2.52 bits per heavy atom. The Kier molecular flexibility index (Phi) is 4.27. The van der Waals surface area contributed by atoms with Gasteiger partial charge in [-0.3, -0.25) is 4.90 Å². The molecule has 0 saturated heterocycles. The summed E-state index contributed by atoms with van der Waals surface area (Å²) < 4.78 is 0. The van der Waals surface area contributed by atoms with E-state index in [0.717, 1.165) is 43.5 Å². The molecule has 0 aromatic heterocycles. The number of nitrogens with one attached hydrogen (secondary N) is 1. The average Bonchev–Trinajstić information content (AvgIpc) is 2.55. The van der Waals surface area contributed by atoms with Gasteiger partial charge in [0.05, 0.1) is 5.60 Å². The molecule has 136 valence electrons. The van der Waals surface area contributed by atoms with E-state index in [2.05, 4.69) is 25.2 Å². The number of benzene rings is 1. The molecule has 1 aromatic carbocycles. The highest BCUT2D eigenvalue weighted by Crippen LogP contribution is 2.55. The Morgan fingerprint density at radius 1 is 1.24 bits per heavy atom. The molecule has 1 aromatic rings. The Morgan fingerprint density at radius 2 is 1.92 bits per heavy atom. The minimum Gasteiger partial charge on any atom is -0.390 e. The first-order valence-electron chi connectivity index (χ1n) is 9.85. The van der Waals surface area contributed by atoms with Crippen molar-refractivity contribution >= 4 is 11.7 Å². The standard InChI is InChI=1S/C21H30N2O2/c1-3-8-23(18-7-5-4-6-14(18)2)20(24)22-19-16-9-15-10-17(19)13-21(25,11-15)12-16/h4-7,15-17,19,25H,3,8-13H2,1-2H3,(H,22,24). The molecule has 0 spiro atoms. The van der Waals surface area contributed by atoms with Crippen molar-refractivity contribution < 1.29 is 9.90 Å². The first kappa shape index (κ1) is 16.9. The fourth-order valence-electron chi connectivity index (χ4n) is 5.86. The summed E-state index contributed by atoms with van der Waals surface area (Å²) in [5.41, 5.74) is 1.69. The van der Waals surface area contributed by atoms with Gasteiger partial charge in [-0.05, 0) is 74.8 Å². The molecule has 0 heterocycles. The molecule has 4 heteroatoms. The predicted octanol–water partition coefficient (Wildman–Crippen LogP) is 3.86. The molecular weight excluding hydrogens is 312 g/mol. The number of aliphatic hydroxyl groups is 1. The van der Waals surface area contributed by atoms with Crippen molar-refractivity contribution in [3.63, 3.8) is 0 Å². The number of rotatable bonds is 4. The van der Waals surface area contributed by atoms with E-state index in [0.29, 0.717) is 17.8 Å². The number of carbonyl (C=O) groups is 1. The highest BCUT2D eigenvalue weighted by Gasteiger charge is 2.55. The Bertz CT molecular complexity index is 643. The Labute approximate surface area is 150 Å². The number of hydrogen-bond donors (Lipinski definition) is 2. The molecule has 2 unspecified atom stereocenters. The number of urea groups is 1. The van der Waals surface area contributed by atoms with Gasteiger partial charge in [0, 0.05) is 18.3 Å². The third-order valence-corrected chi connectivity index (χ3v) is 6.63. The van der Waals surface area contributed by atoms with E-state index in [1.807, 2.05) is 23.1 Å². The normalized spacial score (nSPS) is 35.6. The van der Waals surface area contributed by atoms with Gasteiger partial charge in [-0.1, -0.05) is 25.1 Å². The molecule has 4 fully saturated rings. The third-order valence-electron chi connectivity index (χ3n) is 6.63. The lowest BCUT2D eigenvalue weighted by Crippen LogP contribution is -2.62. The number of carbonyl (C=O) groups excluding carboxylic acids is 1. The maximum Gasteiger partial charge on any atom is 0.322 e. The number of hydrogen-bond acceptors (Lipinski definition) is 2. The van der Waals surface area contributed by atoms with Gasteiger partial charge in [-0.15, -0.1) is 0 Å². The summed E-state index contributed by atoms with van der Waals surface area (Å²) in [5.74, 6) is 1.56. The fraction of sp³-hybridized carbons (Fsp3) is 0.667. The second-order valence-corrected chi connectivity index (χ2v) is 8.61. The van der Waals surface area contributed by atoms with E-state index >= 15 is 0 Å². The second-order valence-electron chi connectivity index (χ2n) is 8.61. The van der Waals surface area contributed by atoms with Gasteiger partial charge in [0.15, 0.2) is 0 Å². The molecule has 4 bridgehead atoms. The minimum absolute atomic E-state index is 0.0283. The second kappa shape index (κ2) is 6.31. The molecule has 4 aliphatic carbocycles. The number of aryl methyl sites for hydroxylation is 1. The molecular formula is C21H30N2O2. The van der Waals surface area contributed by atoms with Crippen molar-refractivity contribution in [2.45, 2.75) is 64.0 Å². The maximum absolute atomic E-state index is 13.1. The van der Waals surface area contributed by atoms with Crippen LogP contribution in [0.2, 0.25) is 0 Å². The lowest BCUT2D eigenvalue weighted by molar-refractivity contribution is -0.136. The van der Waals surface area contributed by atoms with Crippen LogP contribution < -0.4 is 10.2 Å². The molecule has 25 heavy (non-hydrogen) atoms. The lowest BCUT2D eigenvalue weighted by Gasteiger charge is -2.58. The van der Waals surface area contributed by atoms with Crippen LogP contribution >= 0.6 is 0 Å². The van der Waals surface area contributed by atoms with Gasteiger partial charge in [-0.2, -0.15) is 0 Å². The first-order chi connectivity index (χ1) is 12.0. The topological polar surface area (TPSA) is 52.6 Å². The summed E-state index contributed by atoms with van der Waals surface area (Å²) in [5, 5.41) is 14.1. The van der Waals surface area contributed by atoms with Crippen LogP contribution in [0.1, 0.15) is 51.0 Å². The maximum atomic E-state index is 13.1. The highest BCUT2D eigenvalue weighted by molar-refractivity contribution is 5.93. The Hall–Kier alpha value is -1.55. The van der Waals surface area contributed by atoms with Gasteiger partial charge in [0.25, 0.3) is 0 Å². The van der Waals surface area contributed by atoms with Gasteiger partial charge in [0.2, 0.25) is 0 Å². The average molecular weight is 342 g/mol. The van der Waals surface area contributed by atoms with Crippen molar-refractivity contribution in [2.75, 3.05) is 11.4 Å². The van der Waals surface area contributed by atoms with Gasteiger partial charge in [0.1, 0.15) is 0 Å². The van der Waals surface area contributed by atoms with Crippen LogP contribution in [0.4, 0.5) is 10.5 Å². The summed E-state index contributed by atoms with van der Waals surface area (Å²) in [4.78, 5) is 15.0. The molecule has 5 rings (SSSR count). The zero-order valence-corrected chi connectivity index (χ0v) is 15.4. The minimum atomic E-state index is -0.448. The summed E-state index contributed by atoms with van der Waals surface area (Å²) in [6.07, 6.45) is 5.98. The van der Waals surface area contributed by atoms with Crippen LogP contribution in [0, 0.1) is 24.7 Å². The van der Waals surface area contributed by atoms with E-state index in [1.165, 1.54) is 12.8 Å². The van der Waals surface area contributed by atoms with Gasteiger partial charge >= 0.3 is 6.03 Å². The van der Waals surface area contributed by atoms with Crippen molar-refractivity contribution in [1.82, 2.24) is 5.32 Å². The summed E-state index contributed by atoms with van der Waals surface area (Å²) in [6, 6.07) is 8.36. The van der Waals surface area contributed by atoms with Gasteiger partial charge < -0.3 is 10.4 Å². The Balaban J connectivity index is 1.52. The van der Waals surface area contributed by atoms with Crippen LogP contribution in [0.15, 0.2) is 24.3 Å². The molecule has 4 aliphatic rings. The van der Waals surface area contributed by atoms with Crippen LogP contribution in [0.3, 0.4) is 0 Å². The monoisotopic (exact) mass is 342 g/mol. The van der Waals surface area contributed by atoms with E-state index in [9.17, 15) is 9.90 Å². The quantitative estimate of drug-likeness (QED) is 0.873. The molecule has 4 nitrogen and oxygen atoms in total. The lowest BCUT2D eigenvalue weighted by atomic mass is 9.52. The third kappa shape index (κ3) is 3.05. The molecule has 2 atom stereocenters. The van der Waals surface area contributed by atoms with Crippen molar-refractivity contribution in [3.05, 3.63) is 29.8 Å². The van der Waals surface area contributed by atoms with Gasteiger partial charge in [-0.25, -0.2) is 4.79 Å². The summed E-state index contributed by atoms with van der Waals surface area (Å²) in [6.45, 7) is 4.89. The summed E-state index contributed by atoms with van der Waals surface area (Å²) in [7, 11) is 0. The molecule has 0 aliphatic heterocycles. The summed E-state index contributed by atoms with van der Waals surface area (Å²) >= 11 is 0. The van der Waals surface area contributed by atoms with Crippen LogP contribution in [-0.4, -0.2) is 29.3 Å². The van der Waals surface area contributed by atoms with Crippen LogP contribution in [-0.2, 0) is 0 Å².